The number of likely N-dealkylation sites (tertiary alicyclic amines) is 1. The zero-order valence-corrected chi connectivity index (χ0v) is 15.0. The molecule has 0 aromatic carbocycles. The number of nitrogens with zero attached hydrogens (tertiary/aromatic N) is 3. The van der Waals surface area contributed by atoms with E-state index in [1.54, 1.807) is 0 Å². The Morgan fingerprint density at radius 1 is 1.23 bits per heavy atom. The Morgan fingerprint density at radius 2 is 1.85 bits per heavy atom. The maximum Gasteiger partial charge on any atom is 0.471 e. The number of piperidine rings is 1. The number of hydrogen-bond acceptors (Lipinski definition) is 5. The lowest BCUT2D eigenvalue weighted by Gasteiger charge is -2.31. The Morgan fingerprint density at radius 3 is 2.35 bits per heavy atom. The fourth-order valence-corrected chi connectivity index (χ4v) is 2.63. The highest BCUT2D eigenvalue weighted by Gasteiger charge is 2.43. The van der Waals surface area contributed by atoms with E-state index in [4.69, 9.17) is 4.52 Å². The molecule has 1 fully saturated rings. The Kier molecular flexibility index (Phi) is 5.92. The van der Waals surface area contributed by atoms with Gasteiger partial charge in [0.05, 0.1) is 0 Å². The van der Waals surface area contributed by atoms with Gasteiger partial charge in [-0.15, -0.1) is 0 Å². The lowest BCUT2D eigenvalue weighted by Crippen LogP contribution is -2.47. The topological polar surface area (TPSA) is 88.3 Å². The molecular weight excluding hydrogens is 353 g/mol. The van der Waals surface area contributed by atoms with Gasteiger partial charge in [0.2, 0.25) is 11.8 Å². The second-order valence-electron chi connectivity index (χ2n) is 7.37. The Hall–Kier alpha value is -2.13. The highest BCUT2D eigenvalue weighted by Crippen LogP contribution is 2.24. The second kappa shape index (κ2) is 7.63. The highest BCUT2D eigenvalue weighted by molar-refractivity contribution is 5.83. The Labute approximate surface area is 149 Å². The molecule has 0 aliphatic carbocycles. The molecule has 26 heavy (non-hydrogen) atoms. The van der Waals surface area contributed by atoms with Crippen molar-refractivity contribution in [3.63, 3.8) is 0 Å². The van der Waals surface area contributed by atoms with Crippen molar-refractivity contribution >= 4 is 11.8 Å². The van der Waals surface area contributed by atoms with E-state index in [0.29, 0.717) is 24.7 Å². The molecule has 1 aliphatic rings. The average Bonchev–Trinajstić information content (AvgIpc) is 3.02. The van der Waals surface area contributed by atoms with Crippen molar-refractivity contribution in [2.24, 2.45) is 5.92 Å². The second-order valence-corrected chi connectivity index (χ2v) is 7.37. The highest BCUT2D eigenvalue weighted by atomic mass is 19.4. The van der Waals surface area contributed by atoms with Crippen molar-refractivity contribution in [3.05, 3.63) is 11.7 Å². The van der Waals surface area contributed by atoms with Gasteiger partial charge in [-0.1, -0.05) is 25.9 Å². The first-order valence-electron chi connectivity index (χ1n) is 8.45. The lowest BCUT2D eigenvalue weighted by molar-refractivity contribution is -0.186. The summed E-state index contributed by atoms with van der Waals surface area (Å²) in [4.78, 5) is 28.3. The molecule has 2 amide bonds. The molecule has 7 nitrogen and oxygen atoms in total. The number of carbonyl (C=O) groups excluding carboxylic acids is 2. The monoisotopic (exact) mass is 376 g/mol. The number of carbonyl (C=O) groups is 2. The molecule has 0 bridgehead atoms. The van der Waals surface area contributed by atoms with Gasteiger partial charge >= 0.3 is 12.1 Å². The van der Waals surface area contributed by atoms with Crippen molar-refractivity contribution in [2.45, 2.75) is 51.6 Å². The van der Waals surface area contributed by atoms with E-state index in [1.807, 2.05) is 20.8 Å². The van der Waals surface area contributed by atoms with Gasteiger partial charge in [0.1, 0.15) is 0 Å². The average molecular weight is 376 g/mol. The molecule has 146 valence electrons. The fraction of sp³-hybridized carbons (Fsp3) is 0.750. The predicted molar refractivity (Wildman–Crippen MR) is 85.1 cm³/mol. The minimum absolute atomic E-state index is 0.0732. The molecule has 1 aromatic heterocycles. The van der Waals surface area contributed by atoms with E-state index in [0.717, 1.165) is 4.90 Å². The summed E-state index contributed by atoms with van der Waals surface area (Å²) < 4.78 is 42.4. The first kappa shape index (κ1) is 20.2. The number of amides is 2. The summed E-state index contributed by atoms with van der Waals surface area (Å²) in [6.07, 6.45) is -4.05. The molecule has 1 aromatic rings. The number of nitrogens with one attached hydrogen (secondary N) is 1. The molecule has 0 saturated carbocycles. The van der Waals surface area contributed by atoms with E-state index < -0.39 is 18.0 Å². The third-order valence-electron chi connectivity index (χ3n) is 4.15. The smallest absolute Gasteiger partial charge is 0.355 e. The number of rotatable bonds is 4. The molecule has 2 rings (SSSR count). The van der Waals surface area contributed by atoms with Crippen molar-refractivity contribution in [2.75, 3.05) is 19.6 Å². The van der Waals surface area contributed by atoms with Gasteiger partial charge in [0.25, 0.3) is 0 Å². The molecule has 0 unspecified atom stereocenters. The van der Waals surface area contributed by atoms with Gasteiger partial charge in [-0.2, -0.15) is 18.2 Å². The summed E-state index contributed by atoms with van der Waals surface area (Å²) in [7, 11) is 0. The predicted octanol–water partition coefficient (Wildman–Crippen LogP) is 1.83. The van der Waals surface area contributed by atoms with E-state index in [2.05, 4.69) is 15.5 Å². The standard InChI is InChI=1S/C16H23F3N4O3/c1-15(2,3)13-21-11(22-26-13)4-7-20-12(24)10-5-8-23(9-6-10)14(25)16(17,18)19/h10H,4-9H2,1-3H3,(H,20,24). The van der Waals surface area contributed by atoms with Crippen LogP contribution < -0.4 is 5.32 Å². The van der Waals surface area contributed by atoms with Crippen molar-refractivity contribution in [1.29, 1.82) is 0 Å². The number of hydrogen-bond donors (Lipinski definition) is 1. The van der Waals surface area contributed by atoms with E-state index in [1.165, 1.54) is 0 Å². The van der Waals surface area contributed by atoms with Gasteiger partial charge in [0.15, 0.2) is 5.82 Å². The van der Waals surface area contributed by atoms with Gasteiger partial charge in [0, 0.05) is 37.4 Å². The van der Waals surface area contributed by atoms with Gasteiger partial charge in [-0.05, 0) is 12.8 Å². The first-order chi connectivity index (χ1) is 12.0. The van der Waals surface area contributed by atoms with Crippen LogP contribution in [-0.4, -0.2) is 52.7 Å². The van der Waals surface area contributed by atoms with Crippen molar-refractivity contribution in [3.8, 4) is 0 Å². The summed E-state index contributed by atoms with van der Waals surface area (Å²) in [5.41, 5.74) is -0.254. The van der Waals surface area contributed by atoms with Crippen LogP contribution in [0.5, 0.6) is 0 Å². The summed E-state index contributed by atoms with van der Waals surface area (Å²) in [6.45, 7) is 6.00. The third-order valence-corrected chi connectivity index (χ3v) is 4.15. The minimum Gasteiger partial charge on any atom is -0.355 e. The first-order valence-corrected chi connectivity index (χ1v) is 8.45. The van der Waals surface area contributed by atoms with Crippen LogP contribution in [0.3, 0.4) is 0 Å². The molecule has 1 aliphatic heterocycles. The van der Waals surface area contributed by atoms with Crippen LogP contribution >= 0.6 is 0 Å². The van der Waals surface area contributed by atoms with Crippen LogP contribution in [0.4, 0.5) is 13.2 Å². The Bertz CT molecular complexity index is 644. The zero-order valence-electron chi connectivity index (χ0n) is 15.0. The van der Waals surface area contributed by atoms with Crippen LogP contribution in [0.2, 0.25) is 0 Å². The van der Waals surface area contributed by atoms with Gasteiger partial charge in [-0.3, -0.25) is 9.59 Å². The van der Waals surface area contributed by atoms with Crippen LogP contribution in [-0.2, 0) is 21.4 Å². The summed E-state index contributed by atoms with van der Waals surface area (Å²) in [6, 6.07) is 0. The largest absolute Gasteiger partial charge is 0.471 e. The maximum atomic E-state index is 12.4. The molecule has 1 saturated heterocycles. The molecule has 0 spiro atoms. The van der Waals surface area contributed by atoms with E-state index in [-0.39, 0.29) is 37.3 Å². The Balaban J connectivity index is 1.74. The quantitative estimate of drug-likeness (QED) is 0.866. The SMILES string of the molecule is CC(C)(C)c1nc(CCNC(=O)C2CCN(C(=O)C(F)(F)F)CC2)no1. The number of alkyl halides is 3. The molecule has 10 heteroatoms. The van der Waals surface area contributed by atoms with Crippen molar-refractivity contribution < 1.29 is 27.3 Å². The van der Waals surface area contributed by atoms with Crippen LogP contribution in [0.25, 0.3) is 0 Å². The van der Waals surface area contributed by atoms with E-state index >= 15 is 0 Å². The number of halogens is 3. The molecule has 0 radical (unpaired) electrons. The molecule has 1 N–H and O–H groups in total. The lowest BCUT2D eigenvalue weighted by atomic mass is 9.96. The molecule has 2 heterocycles. The van der Waals surface area contributed by atoms with Gasteiger partial charge < -0.3 is 14.7 Å². The van der Waals surface area contributed by atoms with Crippen LogP contribution in [0, 0.1) is 5.92 Å². The fourth-order valence-electron chi connectivity index (χ4n) is 2.63. The molecule has 0 atom stereocenters. The summed E-state index contributed by atoms with van der Waals surface area (Å²) in [5, 5.41) is 6.59. The summed E-state index contributed by atoms with van der Waals surface area (Å²) >= 11 is 0. The summed E-state index contributed by atoms with van der Waals surface area (Å²) in [5.74, 6) is -1.48. The van der Waals surface area contributed by atoms with Gasteiger partial charge in [-0.25, -0.2) is 0 Å². The zero-order chi connectivity index (χ0) is 19.5. The van der Waals surface area contributed by atoms with E-state index in [9.17, 15) is 22.8 Å². The third kappa shape index (κ3) is 5.18. The van der Waals surface area contributed by atoms with Crippen LogP contribution in [0.15, 0.2) is 4.52 Å². The molecular formula is C16H23F3N4O3. The normalized spacial score (nSPS) is 16.6. The van der Waals surface area contributed by atoms with Crippen molar-refractivity contribution in [1.82, 2.24) is 20.4 Å². The maximum absolute atomic E-state index is 12.4. The van der Waals surface area contributed by atoms with Crippen LogP contribution in [0.1, 0.15) is 45.3 Å². The minimum atomic E-state index is -4.87. The number of aromatic nitrogens is 2.